The average molecular weight is 311 g/mol. The molecule has 0 saturated carbocycles. The van der Waals surface area contributed by atoms with Gasteiger partial charge < -0.3 is 0 Å². The SMILES string of the molecule is Fc1c(F)c(CBr)c(F)c(C(F)(F)F)c1F. The van der Waals surface area contributed by atoms with E-state index in [2.05, 4.69) is 15.9 Å². The average Bonchev–Trinajstić information content (AvgIpc) is 2.13. The van der Waals surface area contributed by atoms with Crippen molar-refractivity contribution in [2.24, 2.45) is 0 Å². The summed E-state index contributed by atoms with van der Waals surface area (Å²) in [5.74, 6) is -9.05. The van der Waals surface area contributed by atoms with Gasteiger partial charge in [-0.1, -0.05) is 15.9 Å². The summed E-state index contributed by atoms with van der Waals surface area (Å²) in [5.41, 5.74) is -3.63. The van der Waals surface area contributed by atoms with Crippen LogP contribution >= 0.6 is 15.9 Å². The van der Waals surface area contributed by atoms with Crippen molar-refractivity contribution in [2.45, 2.75) is 11.5 Å². The second-order valence-electron chi connectivity index (χ2n) is 2.74. The first-order valence-corrected chi connectivity index (χ1v) is 4.82. The molecule has 0 radical (unpaired) electrons. The summed E-state index contributed by atoms with van der Waals surface area (Å²) in [6.07, 6.45) is -5.43. The van der Waals surface area contributed by atoms with Crippen molar-refractivity contribution >= 4 is 15.9 Å². The highest BCUT2D eigenvalue weighted by molar-refractivity contribution is 9.08. The van der Waals surface area contributed by atoms with Crippen molar-refractivity contribution in [3.8, 4) is 0 Å². The summed E-state index contributed by atoms with van der Waals surface area (Å²) in [4.78, 5) is 0. The number of hydrogen-bond acceptors (Lipinski definition) is 0. The zero-order chi connectivity index (χ0) is 12.7. The predicted octanol–water partition coefficient (Wildman–Crippen LogP) is 4.16. The van der Waals surface area contributed by atoms with Crippen LogP contribution in [0.1, 0.15) is 11.1 Å². The van der Waals surface area contributed by atoms with Crippen LogP contribution in [0.4, 0.5) is 30.7 Å². The standard InChI is InChI=1S/C8H2BrF7/c9-1-2-4(10)3(8(14,15)16)6(12)7(13)5(2)11/h1H2. The minimum absolute atomic E-state index is 0.703. The van der Waals surface area contributed by atoms with E-state index in [0.717, 1.165) is 0 Å². The topological polar surface area (TPSA) is 0 Å². The molecule has 0 fully saturated rings. The Morgan fingerprint density at radius 1 is 0.812 bits per heavy atom. The molecular formula is C8H2BrF7. The lowest BCUT2D eigenvalue weighted by Crippen LogP contribution is -2.16. The summed E-state index contributed by atoms with van der Waals surface area (Å²) >= 11 is 2.48. The van der Waals surface area contributed by atoms with E-state index in [4.69, 9.17) is 0 Å². The molecule has 0 amide bonds. The number of hydrogen-bond donors (Lipinski definition) is 0. The Hall–Kier alpha value is -0.790. The van der Waals surface area contributed by atoms with E-state index in [0.29, 0.717) is 0 Å². The molecule has 0 heterocycles. The number of halogens is 8. The van der Waals surface area contributed by atoms with Gasteiger partial charge in [0.25, 0.3) is 0 Å². The van der Waals surface area contributed by atoms with Gasteiger partial charge in [-0.3, -0.25) is 0 Å². The molecule has 1 aromatic rings. The maximum Gasteiger partial charge on any atom is 0.422 e. The first kappa shape index (κ1) is 13.3. The van der Waals surface area contributed by atoms with Gasteiger partial charge in [0.2, 0.25) is 0 Å². The first-order chi connectivity index (χ1) is 7.21. The van der Waals surface area contributed by atoms with Crippen molar-refractivity contribution in [2.75, 3.05) is 0 Å². The largest absolute Gasteiger partial charge is 0.422 e. The summed E-state index contributed by atoms with van der Waals surface area (Å²) in [5, 5.41) is -0.703. The molecule has 0 aromatic heterocycles. The minimum Gasteiger partial charge on any atom is -0.206 e. The highest BCUT2D eigenvalue weighted by atomic mass is 79.9. The smallest absolute Gasteiger partial charge is 0.206 e. The quantitative estimate of drug-likeness (QED) is 0.316. The molecule has 0 aliphatic carbocycles. The van der Waals surface area contributed by atoms with E-state index < -0.39 is 45.9 Å². The van der Waals surface area contributed by atoms with E-state index in [1.54, 1.807) is 0 Å². The van der Waals surface area contributed by atoms with Crippen molar-refractivity contribution in [1.29, 1.82) is 0 Å². The van der Waals surface area contributed by atoms with Crippen LogP contribution in [0.15, 0.2) is 0 Å². The second-order valence-corrected chi connectivity index (χ2v) is 3.30. The Morgan fingerprint density at radius 3 is 1.69 bits per heavy atom. The molecular weight excluding hydrogens is 309 g/mol. The normalized spacial score (nSPS) is 12.0. The molecule has 90 valence electrons. The zero-order valence-corrected chi connectivity index (χ0v) is 8.82. The maximum absolute atomic E-state index is 13.1. The van der Waals surface area contributed by atoms with Gasteiger partial charge in [-0.05, 0) is 0 Å². The molecule has 8 heteroatoms. The van der Waals surface area contributed by atoms with Gasteiger partial charge in [0.1, 0.15) is 11.4 Å². The van der Waals surface area contributed by atoms with Crippen molar-refractivity contribution in [1.82, 2.24) is 0 Å². The van der Waals surface area contributed by atoms with E-state index in [9.17, 15) is 30.7 Å². The van der Waals surface area contributed by atoms with Crippen LogP contribution in [-0.2, 0) is 11.5 Å². The molecule has 0 saturated heterocycles. The van der Waals surface area contributed by atoms with Gasteiger partial charge in [0.15, 0.2) is 17.5 Å². The summed E-state index contributed by atoms with van der Waals surface area (Å²) in [6, 6.07) is 0. The van der Waals surface area contributed by atoms with Crippen LogP contribution in [0.3, 0.4) is 0 Å². The van der Waals surface area contributed by atoms with Crippen molar-refractivity contribution in [3.63, 3.8) is 0 Å². The molecule has 0 bridgehead atoms. The Morgan fingerprint density at radius 2 is 1.31 bits per heavy atom. The van der Waals surface area contributed by atoms with E-state index in [1.165, 1.54) is 0 Å². The number of benzene rings is 1. The van der Waals surface area contributed by atoms with E-state index >= 15 is 0 Å². The molecule has 0 spiro atoms. The third-order valence-electron chi connectivity index (χ3n) is 1.77. The molecule has 16 heavy (non-hydrogen) atoms. The highest BCUT2D eigenvalue weighted by Gasteiger charge is 2.41. The zero-order valence-electron chi connectivity index (χ0n) is 7.23. The number of alkyl halides is 4. The van der Waals surface area contributed by atoms with Gasteiger partial charge in [0.05, 0.1) is 0 Å². The minimum atomic E-state index is -5.43. The van der Waals surface area contributed by atoms with Gasteiger partial charge in [-0.2, -0.15) is 13.2 Å². The molecule has 0 N–H and O–H groups in total. The summed E-state index contributed by atoms with van der Waals surface area (Å²) in [6.45, 7) is 0. The van der Waals surface area contributed by atoms with E-state index in [1.807, 2.05) is 0 Å². The van der Waals surface area contributed by atoms with Crippen LogP contribution in [0.25, 0.3) is 0 Å². The summed E-state index contributed by atoms with van der Waals surface area (Å²) < 4.78 is 87.8. The first-order valence-electron chi connectivity index (χ1n) is 3.69. The van der Waals surface area contributed by atoms with Crippen LogP contribution < -0.4 is 0 Å². The monoisotopic (exact) mass is 310 g/mol. The molecule has 0 unspecified atom stereocenters. The molecule has 0 nitrogen and oxygen atoms in total. The van der Waals surface area contributed by atoms with Crippen LogP contribution in [-0.4, -0.2) is 0 Å². The van der Waals surface area contributed by atoms with Gasteiger partial charge in [0, 0.05) is 10.9 Å². The van der Waals surface area contributed by atoms with Crippen LogP contribution in [0.2, 0.25) is 0 Å². The molecule has 0 atom stereocenters. The highest BCUT2D eigenvalue weighted by Crippen LogP contribution is 2.37. The molecule has 1 rings (SSSR count). The fourth-order valence-electron chi connectivity index (χ4n) is 1.05. The van der Waals surface area contributed by atoms with Gasteiger partial charge >= 0.3 is 6.18 Å². The molecule has 0 aliphatic rings. The lowest BCUT2D eigenvalue weighted by atomic mass is 10.1. The van der Waals surface area contributed by atoms with Crippen molar-refractivity contribution < 1.29 is 30.7 Å². The molecule has 0 aliphatic heterocycles. The lowest BCUT2D eigenvalue weighted by molar-refractivity contribution is -0.143. The third kappa shape index (κ3) is 2.02. The Balaban J connectivity index is 3.69. The van der Waals surface area contributed by atoms with Crippen LogP contribution in [0, 0.1) is 23.3 Å². The number of rotatable bonds is 1. The predicted molar refractivity (Wildman–Crippen MR) is 43.9 cm³/mol. The Bertz CT molecular complexity index is 424. The maximum atomic E-state index is 13.1. The fourth-order valence-corrected chi connectivity index (χ4v) is 1.54. The van der Waals surface area contributed by atoms with Gasteiger partial charge in [-0.15, -0.1) is 0 Å². The van der Waals surface area contributed by atoms with E-state index in [-0.39, 0.29) is 0 Å². The lowest BCUT2D eigenvalue weighted by Gasteiger charge is -2.13. The third-order valence-corrected chi connectivity index (χ3v) is 2.33. The molecule has 1 aromatic carbocycles. The van der Waals surface area contributed by atoms with Crippen molar-refractivity contribution in [3.05, 3.63) is 34.4 Å². The second kappa shape index (κ2) is 4.23. The van der Waals surface area contributed by atoms with Crippen LogP contribution in [0.5, 0.6) is 0 Å². The Labute approximate surface area is 93.2 Å². The fraction of sp³-hybridized carbons (Fsp3) is 0.250. The van der Waals surface area contributed by atoms with Gasteiger partial charge in [-0.25, -0.2) is 17.6 Å². The Kier molecular flexibility index (Phi) is 3.51. The summed E-state index contributed by atoms with van der Waals surface area (Å²) in [7, 11) is 0.